The standard InChI is InChI=1S/C50H59BN2O6Si/c1-35(30-37-18-14-15-23-44(37)54)24-25-45-46-38(34-58-60(50(2,3)4,40-19-10-6-11-20-40)41-21-12-7-13-22-41)31-42-47(43(46)32-51(57)59-45)49(56)53(48(42)55)39-26-28-52(29-27-39)33-36-16-8-5-9-17-36/h5-23,30,39,42-43,45,47,54,57H,24-29,31-34H2,1-4H3/b35-30+/t42-,43+,45-,47-/m1/s1. The Hall–Kier alpha value is -4.58. The molecule has 0 unspecified atom stereocenters. The van der Waals surface area contributed by atoms with Gasteiger partial charge in [-0.05, 0) is 89.5 Å². The number of nitrogens with zero attached hydrogens (tertiary/aromatic N) is 2. The quantitative estimate of drug-likeness (QED) is 0.0863. The van der Waals surface area contributed by atoms with Crippen LogP contribution >= 0.6 is 0 Å². The predicted molar refractivity (Wildman–Crippen MR) is 241 cm³/mol. The number of hydrogen-bond acceptors (Lipinski definition) is 7. The van der Waals surface area contributed by atoms with Gasteiger partial charge in [-0.25, -0.2) is 0 Å². The fourth-order valence-corrected chi connectivity index (χ4v) is 15.3. The van der Waals surface area contributed by atoms with Gasteiger partial charge in [0, 0.05) is 31.2 Å². The Morgan fingerprint density at radius 3 is 2.07 bits per heavy atom. The molecule has 60 heavy (non-hydrogen) atoms. The normalized spacial score (nSPS) is 23.2. The lowest BCUT2D eigenvalue weighted by Crippen LogP contribution is -2.66. The molecule has 0 radical (unpaired) electrons. The zero-order valence-electron chi connectivity index (χ0n) is 35.5. The van der Waals surface area contributed by atoms with Crippen molar-refractivity contribution in [2.75, 3.05) is 19.7 Å². The number of hydrogen-bond donors (Lipinski definition) is 2. The van der Waals surface area contributed by atoms with Gasteiger partial charge in [-0.2, -0.15) is 0 Å². The monoisotopic (exact) mass is 822 g/mol. The van der Waals surface area contributed by atoms with Crippen molar-refractivity contribution in [1.29, 1.82) is 0 Å². The molecule has 0 saturated carbocycles. The Morgan fingerprint density at radius 1 is 0.850 bits per heavy atom. The van der Waals surface area contributed by atoms with E-state index in [1.54, 1.807) is 11.0 Å². The number of rotatable bonds is 12. The fourth-order valence-electron chi connectivity index (χ4n) is 10.7. The van der Waals surface area contributed by atoms with Crippen LogP contribution in [0.1, 0.15) is 70.9 Å². The Labute approximate surface area is 357 Å². The summed E-state index contributed by atoms with van der Waals surface area (Å²) in [6.07, 6.45) is 4.92. The summed E-state index contributed by atoms with van der Waals surface area (Å²) < 4.78 is 14.0. The smallest absolute Gasteiger partial charge is 0.455 e. The predicted octanol–water partition coefficient (Wildman–Crippen LogP) is 7.61. The molecular formula is C50H59BN2O6Si. The maximum Gasteiger partial charge on any atom is 0.455 e. The minimum atomic E-state index is -2.97. The largest absolute Gasteiger partial charge is 0.507 e. The third-order valence-corrected chi connectivity index (χ3v) is 18.5. The summed E-state index contributed by atoms with van der Waals surface area (Å²) in [4.78, 5) is 33.6. The number of carbonyl (C=O) groups excluding carboxylic acids is 2. The topological polar surface area (TPSA) is 99.5 Å². The minimum absolute atomic E-state index is 0.0764. The molecule has 312 valence electrons. The summed E-state index contributed by atoms with van der Waals surface area (Å²) >= 11 is 0. The van der Waals surface area contributed by atoms with E-state index < -0.39 is 33.4 Å². The van der Waals surface area contributed by atoms with Gasteiger partial charge in [-0.1, -0.05) is 142 Å². The zero-order valence-corrected chi connectivity index (χ0v) is 36.5. The molecule has 0 bridgehead atoms. The number of para-hydroxylation sites is 1. The Bertz CT molecular complexity index is 2160. The summed E-state index contributed by atoms with van der Waals surface area (Å²) in [5, 5.41) is 24.0. The van der Waals surface area contributed by atoms with Crippen LogP contribution in [0.5, 0.6) is 5.75 Å². The van der Waals surface area contributed by atoms with E-state index in [1.807, 2.05) is 49.4 Å². The number of likely N-dealkylation sites (tertiary alicyclic amines) is 2. The first-order valence-electron chi connectivity index (χ1n) is 21.8. The van der Waals surface area contributed by atoms with Crippen molar-refractivity contribution in [1.82, 2.24) is 9.80 Å². The van der Waals surface area contributed by atoms with Gasteiger partial charge < -0.3 is 19.2 Å². The lowest BCUT2D eigenvalue weighted by Gasteiger charge is -2.46. The first kappa shape index (κ1) is 42.1. The zero-order chi connectivity index (χ0) is 42.0. The molecular weight excluding hydrogens is 763 g/mol. The Balaban J connectivity index is 1.13. The summed E-state index contributed by atoms with van der Waals surface area (Å²) in [5.74, 6) is -1.36. The van der Waals surface area contributed by atoms with Crippen molar-refractivity contribution in [3.05, 3.63) is 143 Å². The molecule has 4 aliphatic rings. The Kier molecular flexibility index (Phi) is 12.5. The van der Waals surface area contributed by atoms with Gasteiger partial charge in [-0.15, -0.1) is 0 Å². The molecule has 8 rings (SSSR count). The van der Waals surface area contributed by atoms with Crippen molar-refractivity contribution < 1.29 is 28.8 Å². The second-order valence-corrected chi connectivity index (χ2v) is 22.7. The van der Waals surface area contributed by atoms with Crippen LogP contribution in [0, 0.1) is 17.8 Å². The number of phenols is 1. The van der Waals surface area contributed by atoms with Gasteiger partial charge in [0.1, 0.15) is 5.75 Å². The highest BCUT2D eigenvalue weighted by Gasteiger charge is 2.59. The third kappa shape index (κ3) is 8.37. The second-order valence-electron chi connectivity index (χ2n) is 18.4. The van der Waals surface area contributed by atoms with Crippen LogP contribution in [-0.4, -0.2) is 79.0 Å². The number of imide groups is 1. The van der Waals surface area contributed by atoms with Crippen LogP contribution in [0.3, 0.4) is 0 Å². The maximum atomic E-state index is 14.8. The minimum Gasteiger partial charge on any atom is -0.507 e. The van der Waals surface area contributed by atoms with Crippen LogP contribution in [0.2, 0.25) is 11.4 Å². The van der Waals surface area contributed by atoms with E-state index >= 15 is 0 Å². The van der Waals surface area contributed by atoms with Crippen LogP contribution < -0.4 is 10.4 Å². The number of phenolic OH excluding ortho intramolecular Hbond substituents is 1. The van der Waals surface area contributed by atoms with E-state index in [0.29, 0.717) is 25.9 Å². The average molecular weight is 823 g/mol. The highest BCUT2D eigenvalue weighted by molar-refractivity contribution is 6.99. The number of amides is 2. The van der Waals surface area contributed by atoms with Crippen molar-refractivity contribution in [3.8, 4) is 5.75 Å². The Morgan fingerprint density at radius 2 is 1.45 bits per heavy atom. The van der Waals surface area contributed by atoms with E-state index in [2.05, 4.69) is 98.5 Å². The number of piperidine rings is 1. The summed E-state index contributed by atoms with van der Waals surface area (Å²) in [6, 6.07) is 38.7. The van der Waals surface area contributed by atoms with E-state index in [-0.39, 0.29) is 40.9 Å². The van der Waals surface area contributed by atoms with E-state index in [9.17, 15) is 19.7 Å². The van der Waals surface area contributed by atoms with E-state index in [0.717, 1.165) is 54.8 Å². The molecule has 3 heterocycles. The molecule has 0 spiro atoms. The van der Waals surface area contributed by atoms with Crippen molar-refractivity contribution in [2.24, 2.45) is 17.8 Å². The highest BCUT2D eigenvalue weighted by Crippen LogP contribution is 2.52. The average Bonchev–Trinajstić information content (AvgIpc) is 3.50. The molecule has 3 fully saturated rings. The summed E-state index contributed by atoms with van der Waals surface area (Å²) in [6.45, 7) is 11.6. The number of fused-ring (bicyclic) bond motifs is 3. The van der Waals surface area contributed by atoms with Crippen LogP contribution in [-0.2, 0) is 25.2 Å². The number of carbonyl (C=O) groups is 2. The van der Waals surface area contributed by atoms with Crippen molar-refractivity contribution in [2.45, 2.75) is 89.8 Å². The first-order chi connectivity index (χ1) is 28.9. The molecule has 4 aromatic rings. The summed E-state index contributed by atoms with van der Waals surface area (Å²) in [5.41, 5.74) is 5.12. The van der Waals surface area contributed by atoms with Gasteiger partial charge in [0.15, 0.2) is 0 Å². The van der Waals surface area contributed by atoms with E-state index in [4.69, 9.17) is 9.08 Å². The number of allylic oxidation sites excluding steroid dienone is 1. The third-order valence-electron chi connectivity index (χ3n) is 13.5. The van der Waals surface area contributed by atoms with Gasteiger partial charge in [0.2, 0.25) is 11.8 Å². The van der Waals surface area contributed by atoms with Crippen LogP contribution in [0.4, 0.5) is 0 Å². The molecule has 10 heteroatoms. The van der Waals surface area contributed by atoms with Crippen molar-refractivity contribution in [3.63, 3.8) is 0 Å². The molecule has 4 atom stereocenters. The molecule has 4 aromatic carbocycles. The van der Waals surface area contributed by atoms with Crippen molar-refractivity contribution >= 4 is 43.7 Å². The number of benzene rings is 4. The molecule has 3 aliphatic heterocycles. The maximum absolute atomic E-state index is 14.8. The van der Waals surface area contributed by atoms with E-state index in [1.165, 1.54) is 15.9 Å². The van der Waals surface area contributed by atoms with Gasteiger partial charge in [0.25, 0.3) is 8.32 Å². The number of aromatic hydroxyl groups is 1. The highest BCUT2D eigenvalue weighted by atomic mass is 28.4. The molecule has 2 amide bonds. The lowest BCUT2D eigenvalue weighted by molar-refractivity contribution is -0.144. The summed E-state index contributed by atoms with van der Waals surface area (Å²) in [7, 11) is -4.04. The SMILES string of the molecule is C/C(=C\c1ccccc1O)CC[C@H]1OB(O)C[C@H]2C1=C(CO[Si](c1ccccc1)(c1ccccc1)C(C)(C)C)C[C@H]1C(=O)N(C3CCN(Cc4ccccc4)CC3)C(=O)[C@H]12. The molecule has 1 aliphatic carbocycles. The molecule has 3 saturated heterocycles. The molecule has 8 nitrogen and oxygen atoms in total. The first-order valence-corrected chi connectivity index (χ1v) is 23.7. The van der Waals surface area contributed by atoms with Crippen LogP contribution in [0.25, 0.3) is 6.08 Å². The second kappa shape index (κ2) is 17.8. The van der Waals surface area contributed by atoms with Gasteiger partial charge in [0.05, 0.1) is 24.5 Å². The van der Waals surface area contributed by atoms with Gasteiger partial charge >= 0.3 is 7.12 Å². The molecule has 2 N–H and O–H groups in total. The molecule has 0 aromatic heterocycles. The van der Waals surface area contributed by atoms with Gasteiger partial charge in [-0.3, -0.25) is 19.4 Å². The fraction of sp³-hybridized carbons (Fsp3) is 0.400. The van der Waals surface area contributed by atoms with Crippen LogP contribution in [0.15, 0.2) is 132 Å². The lowest BCUT2D eigenvalue weighted by atomic mass is 9.58.